The number of carbonyl (C=O) groups is 1. The molecule has 1 atom stereocenters. The molecule has 3 heteroatoms. The maximum atomic E-state index is 10.5. The second kappa shape index (κ2) is 8.63. The number of aliphatic carboxylic acids is 1. The maximum absolute atomic E-state index is 10.5. The number of aryl methyl sites for hydroxylation is 2. The molecule has 1 aliphatic carbocycles. The topological polar surface area (TPSA) is 49.3 Å². The SMILES string of the molecule is O=C(O)CCNC1C=C(c2ccc(CCCc3ccccc3)cc2)C1. The Balaban J connectivity index is 1.43. The normalized spacial score (nSPS) is 16.2. The summed E-state index contributed by atoms with van der Waals surface area (Å²) in [5.41, 5.74) is 5.42. The first kappa shape index (κ1) is 17.4. The first-order valence-corrected chi connectivity index (χ1v) is 9.00. The Kier molecular flexibility index (Phi) is 6.02. The molecule has 0 amide bonds. The summed E-state index contributed by atoms with van der Waals surface area (Å²) >= 11 is 0. The van der Waals surface area contributed by atoms with Crippen molar-refractivity contribution in [2.75, 3.05) is 6.54 Å². The molecule has 0 heterocycles. The third kappa shape index (κ3) is 5.30. The van der Waals surface area contributed by atoms with E-state index in [0.717, 1.165) is 19.3 Å². The van der Waals surface area contributed by atoms with Crippen LogP contribution in [0.4, 0.5) is 0 Å². The van der Waals surface area contributed by atoms with E-state index in [9.17, 15) is 4.79 Å². The van der Waals surface area contributed by atoms with E-state index in [2.05, 4.69) is 66.0 Å². The number of benzene rings is 2. The van der Waals surface area contributed by atoms with Gasteiger partial charge in [-0.15, -0.1) is 0 Å². The minimum Gasteiger partial charge on any atom is -0.481 e. The van der Waals surface area contributed by atoms with E-state index in [1.165, 1.54) is 28.7 Å². The second-order valence-electron chi connectivity index (χ2n) is 6.64. The number of nitrogens with one attached hydrogen (secondary N) is 1. The fraction of sp³-hybridized carbons (Fsp3) is 0.318. The first-order valence-electron chi connectivity index (χ1n) is 9.00. The Morgan fingerprint density at radius 1 is 1.00 bits per heavy atom. The number of rotatable bonds is 9. The van der Waals surface area contributed by atoms with Gasteiger partial charge in [0, 0.05) is 12.6 Å². The minimum atomic E-state index is -0.751. The zero-order valence-corrected chi connectivity index (χ0v) is 14.4. The standard InChI is InChI=1S/C22H25NO2/c24-22(25)13-14-23-21-15-20(16-21)19-11-9-18(10-12-19)8-4-7-17-5-2-1-3-6-17/h1-3,5-6,9-12,15,21,23H,4,7-8,13-14,16H2,(H,24,25). The van der Waals surface area contributed by atoms with Gasteiger partial charge in [-0.3, -0.25) is 4.79 Å². The summed E-state index contributed by atoms with van der Waals surface area (Å²) in [6.45, 7) is 0.532. The highest BCUT2D eigenvalue weighted by Gasteiger charge is 2.19. The molecule has 0 saturated carbocycles. The van der Waals surface area contributed by atoms with Crippen molar-refractivity contribution in [3.05, 3.63) is 77.4 Å². The van der Waals surface area contributed by atoms with Crippen molar-refractivity contribution >= 4 is 11.5 Å². The van der Waals surface area contributed by atoms with Gasteiger partial charge in [0.1, 0.15) is 0 Å². The van der Waals surface area contributed by atoms with Crippen molar-refractivity contribution in [2.45, 2.75) is 38.1 Å². The van der Waals surface area contributed by atoms with Crippen LogP contribution in [-0.4, -0.2) is 23.7 Å². The van der Waals surface area contributed by atoms with E-state index in [0.29, 0.717) is 12.6 Å². The van der Waals surface area contributed by atoms with Gasteiger partial charge in [-0.1, -0.05) is 60.7 Å². The molecular weight excluding hydrogens is 310 g/mol. The zero-order valence-electron chi connectivity index (χ0n) is 14.4. The molecule has 2 N–H and O–H groups in total. The summed E-state index contributed by atoms with van der Waals surface area (Å²) < 4.78 is 0. The average Bonchev–Trinajstić information content (AvgIpc) is 2.58. The van der Waals surface area contributed by atoms with Crippen LogP contribution in [0.15, 0.2) is 60.7 Å². The summed E-state index contributed by atoms with van der Waals surface area (Å²) in [6.07, 6.45) is 6.75. The average molecular weight is 335 g/mol. The van der Waals surface area contributed by atoms with Crippen LogP contribution in [0.2, 0.25) is 0 Å². The van der Waals surface area contributed by atoms with Crippen molar-refractivity contribution in [1.82, 2.24) is 5.32 Å². The van der Waals surface area contributed by atoms with E-state index in [-0.39, 0.29) is 6.42 Å². The molecule has 1 aliphatic rings. The van der Waals surface area contributed by atoms with E-state index >= 15 is 0 Å². The van der Waals surface area contributed by atoms with Crippen molar-refractivity contribution in [3.63, 3.8) is 0 Å². The van der Waals surface area contributed by atoms with E-state index in [1.807, 2.05) is 0 Å². The molecule has 2 aromatic rings. The van der Waals surface area contributed by atoms with Crippen LogP contribution in [0.25, 0.3) is 5.57 Å². The summed E-state index contributed by atoms with van der Waals surface area (Å²) in [5, 5.41) is 11.9. The zero-order chi connectivity index (χ0) is 17.5. The molecule has 3 nitrogen and oxygen atoms in total. The lowest BCUT2D eigenvalue weighted by atomic mass is 9.87. The van der Waals surface area contributed by atoms with Crippen molar-refractivity contribution < 1.29 is 9.90 Å². The Morgan fingerprint density at radius 3 is 2.28 bits per heavy atom. The highest BCUT2D eigenvalue weighted by atomic mass is 16.4. The first-order chi connectivity index (χ1) is 12.2. The molecule has 0 fully saturated rings. The van der Waals surface area contributed by atoms with Crippen LogP contribution in [0.1, 0.15) is 36.0 Å². The van der Waals surface area contributed by atoms with Gasteiger partial charge in [-0.2, -0.15) is 0 Å². The van der Waals surface area contributed by atoms with Gasteiger partial charge in [0.05, 0.1) is 6.42 Å². The fourth-order valence-electron chi connectivity index (χ4n) is 3.18. The highest BCUT2D eigenvalue weighted by Crippen LogP contribution is 2.29. The third-order valence-electron chi connectivity index (χ3n) is 4.69. The number of hydrogen-bond donors (Lipinski definition) is 2. The van der Waals surface area contributed by atoms with Gasteiger partial charge in [-0.25, -0.2) is 0 Å². The number of carboxylic acid groups (broad SMARTS) is 1. The second-order valence-corrected chi connectivity index (χ2v) is 6.64. The predicted molar refractivity (Wildman–Crippen MR) is 102 cm³/mol. The molecule has 0 aromatic heterocycles. The molecule has 0 aliphatic heterocycles. The summed E-state index contributed by atoms with van der Waals surface area (Å²) in [6, 6.07) is 19.8. The molecular formula is C22H25NO2. The summed E-state index contributed by atoms with van der Waals surface area (Å²) in [7, 11) is 0. The smallest absolute Gasteiger partial charge is 0.304 e. The predicted octanol–water partition coefficient (Wildman–Crippen LogP) is 4.08. The molecule has 25 heavy (non-hydrogen) atoms. The lowest BCUT2D eigenvalue weighted by molar-refractivity contribution is -0.136. The number of carboxylic acids is 1. The molecule has 3 rings (SSSR count). The summed E-state index contributed by atoms with van der Waals surface area (Å²) in [5.74, 6) is -0.751. The van der Waals surface area contributed by atoms with Gasteiger partial charge in [-0.05, 0) is 47.9 Å². The van der Waals surface area contributed by atoms with Crippen LogP contribution in [-0.2, 0) is 17.6 Å². The minimum absolute atomic E-state index is 0.178. The van der Waals surface area contributed by atoms with Gasteiger partial charge in [0.2, 0.25) is 0 Å². The van der Waals surface area contributed by atoms with Crippen LogP contribution in [0.3, 0.4) is 0 Å². The quantitative estimate of drug-likeness (QED) is 0.726. The van der Waals surface area contributed by atoms with Gasteiger partial charge >= 0.3 is 5.97 Å². The van der Waals surface area contributed by atoms with Crippen LogP contribution in [0, 0.1) is 0 Å². The summed E-state index contributed by atoms with van der Waals surface area (Å²) in [4.78, 5) is 10.5. The lowest BCUT2D eigenvalue weighted by Crippen LogP contribution is -2.34. The van der Waals surface area contributed by atoms with E-state index in [1.54, 1.807) is 0 Å². The maximum Gasteiger partial charge on any atom is 0.304 e. The van der Waals surface area contributed by atoms with Crippen molar-refractivity contribution in [2.24, 2.45) is 0 Å². The largest absolute Gasteiger partial charge is 0.481 e. The fourth-order valence-corrected chi connectivity index (χ4v) is 3.18. The van der Waals surface area contributed by atoms with Crippen molar-refractivity contribution in [1.29, 1.82) is 0 Å². The monoisotopic (exact) mass is 335 g/mol. The molecule has 0 spiro atoms. The Bertz CT molecular complexity index is 719. The van der Waals surface area contributed by atoms with Gasteiger partial charge in [0.15, 0.2) is 0 Å². The molecule has 0 bridgehead atoms. The van der Waals surface area contributed by atoms with Crippen LogP contribution >= 0.6 is 0 Å². The molecule has 1 unspecified atom stereocenters. The third-order valence-corrected chi connectivity index (χ3v) is 4.69. The molecule has 2 aromatic carbocycles. The van der Waals surface area contributed by atoms with E-state index in [4.69, 9.17) is 5.11 Å². The van der Waals surface area contributed by atoms with Gasteiger partial charge < -0.3 is 10.4 Å². The highest BCUT2D eigenvalue weighted by molar-refractivity contribution is 5.72. The Morgan fingerprint density at radius 2 is 1.64 bits per heavy atom. The molecule has 130 valence electrons. The van der Waals surface area contributed by atoms with Crippen LogP contribution in [0.5, 0.6) is 0 Å². The lowest BCUT2D eigenvalue weighted by Gasteiger charge is -2.26. The van der Waals surface area contributed by atoms with Crippen molar-refractivity contribution in [3.8, 4) is 0 Å². The molecule has 0 radical (unpaired) electrons. The molecule has 0 saturated heterocycles. The Hall–Kier alpha value is -2.39. The van der Waals surface area contributed by atoms with Crippen LogP contribution < -0.4 is 5.32 Å². The van der Waals surface area contributed by atoms with Gasteiger partial charge in [0.25, 0.3) is 0 Å². The van der Waals surface area contributed by atoms with E-state index < -0.39 is 5.97 Å². The Labute approximate surface area is 149 Å². The number of hydrogen-bond acceptors (Lipinski definition) is 2.